The van der Waals surface area contributed by atoms with E-state index in [1.165, 1.54) is 3.97 Å². The number of hydrogen-bond acceptors (Lipinski definition) is 3. The number of alkyl halides is 1. The van der Waals surface area contributed by atoms with Gasteiger partial charge in [-0.3, -0.25) is 0 Å². The molecule has 3 rings (SSSR count). The van der Waals surface area contributed by atoms with Crippen LogP contribution >= 0.6 is 15.9 Å². The first-order chi connectivity index (χ1) is 10.6. The lowest BCUT2D eigenvalue weighted by Gasteiger charge is -2.10. The summed E-state index contributed by atoms with van der Waals surface area (Å²) in [6, 6.07) is 17.4. The van der Waals surface area contributed by atoms with Crippen LogP contribution in [-0.4, -0.2) is 12.4 Å². The summed E-state index contributed by atoms with van der Waals surface area (Å²) in [5.74, 6) is 0. The van der Waals surface area contributed by atoms with Crippen molar-refractivity contribution in [1.82, 2.24) is 3.97 Å². The number of nitrogens with zero attached hydrogens (tertiary/aromatic N) is 2. The molecule has 0 aliphatic heterocycles. The van der Waals surface area contributed by atoms with E-state index in [-0.39, 0.29) is 10.2 Å². The molecule has 0 atom stereocenters. The van der Waals surface area contributed by atoms with E-state index in [1.54, 1.807) is 54.6 Å². The maximum atomic E-state index is 13.0. The average Bonchev–Trinajstić information content (AvgIpc) is 2.89. The third kappa shape index (κ3) is 2.14. The van der Waals surface area contributed by atoms with Crippen molar-refractivity contribution in [3.63, 3.8) is 0 Å². The van der Waals surface area contributed by atoms with Gasteiger partial charge in [-0.1, -0.05) is 52.3 Å². The molecule has 0 N–H and O–H groups in total. The Hall–Kier alpha value is -2.10. The Morgan fingerprint density at radius 1 is 1.05 bits per heavy atom. The van der Waals surface area contributed by atoms with E-state index in [0.717, 1.165) is 0 Å². The molecule has 1 aromatic heterocycles. The second-order valence-electron chi connectivity index (χ2n) is 4.67. The summed E-state index contributed by atoms with van der Waals surface area (Å²) >= 11 is 3.31. The highest BCUT2D eigenvalue weighted by molar-refractivity contribution is 9.08. The average molecular weight is 375 g/mol. The van der Waals surface area contributed by atoms with Crippen LogP contribution in [-0.2, 0) is 15.4 Å². The maximum Gasteiger partial charge on any atom is 0.268 e. The molecular formula is C16H11BrN2O2S. The standard InChI is InChI=1S/C16H11BrN2O2S/c17-10-16-14(11-18)13-8-4-5-9-15(13)19(16)22(20,21)12-6-2-1-3-7-12/h1-9H,10H2. The molecule has 1 heterocycles. The quantitative estimate of drug-likeness (QED) is 0.657. The van der Waals surface area contributed by atoms with Crippen LogP contribution in [0, 0.1) is 11.3 Å². The van der Waals surface area contributed by atoms with Crippen LogP contribution in [0.15, 0.2) is 59.5 Å². The van der Waals surface area contributed by atoms with Gasteiger partial charge >= 0.3 is 0 Å². The van der Waals surface area contributed by atoms with Gasteiger partial charge in [0.05, 0.1) is 21.7 Å². The lowest BCUT2D eigenvalue weighted by atomic mass is 10.1. The molecule has 2 aromatic carbocycles. The van der Waals surface area contributed by atoms with Crippen molar-refractivity contribution in [2.24, 2.45) is 0 Å². The zero-order valence-corrected chi connectivity index (χ0v) is 13.8. The monoisotopic (exact) mass is 374 g/mol. The van der Waals surface area contributed by atoms with Crippen molar-refractivity contribution in [1.29, 1.82) is 5.26 Å². The molecule has 0 aliphatic rings. The fourth-order valence-corrected chi connectivity index (χ4v) is 4.76. The van der Waals surface area contributed by atoms with Gasteiger partial charge in [0, 0.05) is 10.7 Å². The highest BCUT2D eigenvalue weighted by atomic mass is 79.9. The van der Waals surface area contributed by atoms with Gasteiger partial charge < -0.3 is 0 Å². The Kier molecular flexibility index (Phi) is 3.77. The molecule has 0 fully saturated rings. The van der Waals surface area contributed by atoms with Crippen molar-refractivity contribution in [2.45, 2.75) is 10.2 Å². The van der Waals surface area contributed by atoms with Crippen molar-refractivity contribution in [2.75, 3.05) is 0 Å². The predicted molar refractivity (Wildman–Crippen MR) is 88.3 cm³/mol. The van der Waals surface area contributed by atoms with Gasteiger partial charge in [0.15, 0.2) is 0 Å². The second-order valence-corrected chi connectivity index (χ2v) is 7.01. The van der Waals surface area contributed by atoms with E-state index in [2.05, 4.69) is 22.0 Å². The predicted octanol–water partition coefficient (Wildman–Crippen LogP) is 3.64. The number of benzene rings is 2. The highest BCUT2D eigenvalue weighted by Crippen LogP contribution is 2.31. The first kappa shape index (κ1) is 14.8. The number of fused-ring (bicyclic) bond motifs is 1. The number of para-hydroxylation sites is 1. The third-order valence-corrected chi connectivity index (χ3v) is 5.74. The van der Waals surface area contributed by atoms with Gasteiger partial charge in [0.1, 0.15) is 6.07 Å². The second kappa shape index (κ2) is 5.59. The van der Waals surface area contributed by atoms with Gasteiger partial charge in [-0.25, -0.2) is 12.4 Å². The molecule has 110 valence electrons. The van der Waals surface area contributed by atoms with Crippen LogP contribution in [0.4, 0.5) is 0 Å². The van der Waals surface area contributed by atoms with E-state index in [4.69, 9.17) is 0 Å². The molecule has 0 unspecified atom stereocenters. The van der Waals surface area contributed by atoms with E-state index in [9.17, 15) is 13.7 Å². The molecule has 0 saturated carbocycles. The van der Waals surface area contributed by atoms with Gasteiger partial charge in [-0.15, -0.1) is 0 Å². The van der Waals surface area contributed by atoms with Crippen molar-refractivity contribution in [3.8, 4) is 6.07 Å². The summed E-state index contributed by atoms with van der Waals surface area (Å²) in [6.07, 6.45) is 0. The van der Waals surface area contributed by atoms with Gasteiger partial charge in [0.2, 0.25) is 0 Å². The van der Waals surface area contributed by atoms with E-state index < -0.39 is 10.0 Å². The summed E-state index contributed by atoms with van der Waals surface area (Å²) in [5, 5.41) is 10.3. The summed E-state index contributed by atoms with van der Waals surface area (Å²) in [7, 11) is -3.76. The van der Waals surface area contributed by atoms with Crippen molar-refractivity contribution < 1.29 is 8.42 Å². The van der Waals surface area contributed by atoms with Gasteiger partial charge in [-0.05, 0) is 18.2 Å². The molecule has 22 heavy (non-hydrogen) atoms. The number of rotatable bonds is 3. The molecule has 0 spiro atoms. The summed E-state index contributed by atoms with van der Waals surface area (Å²) in [4.78, 5) is 0.197. The van der Waals surface area contributed by atoms with Crippen LogP contribution in [0.1, 0.15) is 11.3 Å². The molecule has 0 saturated heterocycles. The summed E-state index contributed by atoms with van der Waals surface area (Å²) < 4.78 is 27.2. The Labute approximate surface area is 136 Å². The molecule has 0 aliphatic carbocycles. The minimum atomic E-state index is -3.76. The minimum Gasteiger partial charge on any atom is -0.236 e. The van der Waals surface area contributed by atoms with Crippen LogP contribution < -0.4 is 0 Å². The molecule has 0 amide bonds. The Balaban J connectivity index is 2.44. The minimum absolute atomic E-state index is 0.197. The molecule has 6 heteroatoms. The zero-order chi connectivity index (χ0) is 15.7. The molecular weight excluding hydrogens is 364 g/mol. The summed E-state index contributed by atoms with van der Waals surface area (Å²) in [6.45, 7) is 0. The van der Waals surface area contributed by atoms with Crippen LogP contribution in [0.25, 0.3) is 10.9 Å². The Morgan fingerprint density at radius 3 is 2.32 bits per heavy atom. The Bertz CT molecular complexity index is 986. The van der Waals surface area contributed by atoms with Crippen molar-refractivity contribution in [3.05, 3.63) is 65.9 Å². The largest absolute Gasteiger partial charge is 0.268 e. The number of halogens is 1. The molecule has 3 aromatic rings. The highest BCUT2D eigenvalue weighted by Gasteiger charge is 2.25. The van der Waals surface area contributed by atoms with E-state index in [1.807, 2.05) is 0 Å². The third-order valence-electron chi connectivity index (χ3n) is 3.45. The SMILES string of the molecule is N#Cc1c(CBr)n(S(=O)(=O)c2ccccc2)c2ccccc12. The number of hydrogen-bond donors (Lipinski definition) is 0. The van der Waals surface area contributed by atoms with E-state index >= 15 is 0 Å². The topological polar surface area (TPSA) is 62.9 Å². The fraction of sp³-hybridized carbons (Fsp3) is 0.0625. The number of nitriles is 1. The summed E-state index contributed by atoms with van der Waals surface area (Å²) in [5.41, 5.74) is 1.33. The van der Waals surface area contributed by atoms with Crippen LogP contribution in [0.5, 0.6) is 0 Å². The fourth-order valence-electron chi connectivity index (χ4n) is 2.48. The van der Waals surface area contributed by atoms with Gasteiger partial charge in [0.25, 0.3) is 10.0 Å². The molecule has 4 nitrogen and oxygen atoms in total. The number of aromatic nitrogens is 1. The molecule has 0 radical (unpaired) electrons. The van der Waals surface area contributed by atoms with Gasteiger partial charge in [-0.2, -0.15) is 5.26 Å². The normalized spacial score (nSPS) is 11.5. The lowest BCUT2D eigenvalue weighted by molar-refractivity contribution is 0.588. The van der Waals surface area contributed by atoms with Crippen molar-refractivity contribution >= 4 is 36.9 Å². The smallest absolute Gasteiger partial charge is 0.236 e. The molecule has 0 bridgehead atoms. The first-order valence-corrected chi connectivity index (χ1v) is 9.06. The first-order valence-electron chi connectivity index (χ1n) is 6.50. The Morgan fingerprint density at radius 2 is 1.68 bits per heavy atom. The van der Waals surface area contributed by atoms with E-state index in [0.29, 0.717) is 22.2 Å². The maximum absolute atomic E-state index is 13.0. The van der Waals surface area contributed by atoms with Crippen LogP contribution in [0.3, 0.4) is 0 Å². The van der Waals surface area contributed by atoms with Crippen LogP contribution in [0.2, 0.25) is 0 Å². The lowest BCUT2D eigenvalue weighted by Crippen LogP contribution is -2.15. The zero-order valence-electron chi connectivity index (χ0n) is 11.4.